The van der Waals surface area contributed by atoms with Crippen molar-refractivity contribution in [1.29, 1.82) is 0 Å². The van der Waals surface area contributed by atoms with E-state index >= 15 is 0 Å². The second-order valence-electron chi connectivity index (χ2n) is 5.67. The van der Waals surface area contributed by atoms with Crippen LogP contribution in [-0.4, -0.2) is 48.4 Å². The molecular formula is C15H21N3O3. The second-order valence-corrected chi connectivity index (χ2v) is 5.67. The predicted molar refractivity (Wildman–Crippen MR) is 78.7 cm³/mol. The molecule has 0 aromatic heterocycles. The minimum Gasteiger partial charge on any atom is -0.496 e. The van der Waals surface area contributed by atoms with Crippen molar-refractivity contribution in [3.8, 4) is 5.75 Å². The first kappa shape index (κ1) is 14.2. The van der Waals surface area contributed by atoms with E-state index in [2.05, 4.69) is 10.1 Å². The Morgan fingerprint density at radius 3 is 2.76 bits per heavy atom. The Kier molecular flexibility index (Phi) is 3.98. The molecule has 2 unspecified atom stereocenters. The van der Waals surface area contributed by atoms with Gasteiger partial charge in [0.05, 0.1) is 24.9 Å². The number of methoxy groups -OCH3 is 1. The molecule has 2 aliphatic heterocycles. The van der Waals surface area contributed by atoms with Gasteiger partial charge in [-0.2, -0.15) is 0 Å². The van der Waals surface area contributed by atoms with Crippen LogP contribution in [0.2, 0.25) is 0 Å². The number of fused-ring (bicyclic) bond motifs is 2. The van der Waals surface area contributed by atoms with Crippen molar-refractivity contribution in [3.05, 3.63) is 29.3 Å². The van der Waals surface area contributed by atoms with Crippen LogP contribution in [0.5, 0.6) is 5.75 Å². The van der Waals surface area contributed by atoms with Crippen LogP contribution in [0.15, 0.2) is 23.4 Å². The molecule has 0 aliphatic carbocycles. The third kappa shape index (κ3) is 2.96. The van der Waals surface area contributed by atoms with E-state index in [4.69, 9.17) is 20.4 Å². The van der Waals surface area contributed by atoms with Crippen molar-refractivity contribution in [2.45, 2.75) is 31.6 Å². The zero-order valence-corrected chi connectivity index (χ0v) is 12.2. The summed E-state index contributed by atoms with van der Waals surface area (Å²) in [6.45, 7) is 2.84. The van der Waals surface area contributed by atoms with Gasteiger partial charge in [0, 0.05) is 19.6 Å². The summed E-state index contributed by atoms with van der Waals surface area (Å²) in [5, 5.41) is 11.8. The number of nitrogens with two attached hydrogens (primary N) is 1. The highest BCUT2D eigenvalue weighted by Crippen LogP contribution is 2.28. The van der Waals surface area contributed by atoms with E-state index in [1.54, 1.807) is 7.11 Å². The van der Waals surface area contributed by atoms with Crippen molar-refractivity contribution in [3.63, 3.8) is 0 Å². The number of ether oxygens (including phenoxy) is 2. The minimum absolute atomic E-state index is 0.0582. The molecule has 2 heterocycles. The van der Waals surface area contributed by atoms with Crippen molar-refractivity contribution >= 4 is 5.84 Å². The normalized spacial score (nSPS) is 26.0. The lowest BCUT2D eigenvalue weighted by Crippen LogP contribution is -2.41. The molecule has 2 fully saturated rings. The van der Waals surface area contributed by atoms with Crippen LogP contribution in [0.4, 0.5) is 0 Å². The fourth-order valence-electron chi connectivity index (χ4n) is 3.19. The quantitative estimate of drug-likeness (QED) is 0.376. The number of likely N-dealkylation sites (tertiary alicyclic amines) is 1. The summed E-state index contributed by atoms with van der Waals surface area (Å²) < 4.78 is 11.2. The van der Waals surface area contributed by atoms with Crippen molar-refractivity contribution in [2.75, 3.05) is 20.2 Å². The largest absolute Gasteiger partial charge is 0.496 e. The van der Waals surface area contributed by atoms with Crippen molar-refractivity contribution < 1.29 is 14.7 Å². The maximum atomic E-state index is 8.79. The summed E-state index contributed by atoms with van der Waals surface area (Å²) in [5.74, 6) is 0.682. The van der Waals surface area contributed by atoms with Crippen LogP contribution in [0.1, 0.15) is 24.0 Å². The van der Waals surface area contributed by atoms with Gasteiger partial charge in [-0.25, -0.2) is 0 Å². The van der Waals surface area contributed by atoms with Gasteiger partial charge in [0.25, 0.3) is 0 Å². The average Bonchev–Trinajstić information content (AvgIpc) is 2.85. The number of hydrogen-bond acceptors (Lipinski definition) is 5. The zero-order chi connectivity index (χ0) is 14.8. The third-order valence-corrected chi connectivity index (χ3v) is 4.17. The lowest BCUT2D eigenvalue weighted by atomic mass is 10.1. The van der Waals surface area contributed by atoms with Gasteiger partial charge in [-0.3, -0.25) is 4.90 Å². The van der Waals surface area contributed by atoms with Gasteiger partial charge in [0.15, 0.2) is 5.84 Å². The molecule has 21 heavy (non-hydrogen) atoms. The van der Waals surface area contributed by atoms with E-state index < -0.39 is 0 Å². The van der Waals surface area contributed by atoms with Gasteiger partial charge < -0.3 is 20.4 Å². The zero-order valence-electron chi connectivity index (χ0n) is 12.2. The molecule has 2 bridgehead atoms. The number of morpholine rings is 1. The van der Waals surface area contributed by atoms with Gasteiger partial charge in [-0.15, -0.1) is 0 Å². The van der Waals surface area contributed by atoms with Crippen molar-refractivity contribution in [2.24, 2.45) is 10.9 Å². The first-order valence-corrected chi connectivity index (χ1v) is 7.22. The summed E-state index contributed by atoms with van der Waals surface area (Å²) in [7, 11) is 1.59. The molecule has 1 aromatic carbocycles. The lowest BCUT2D eigenvalue weighted by molar-refractivity contribution is -0.0410. The molecule has 2 aliphatic rings. The highest BCUT2D eigenvalue weighted by molar-refractivity contribution is 5.99. The molecule has 6 nitrogen and oxygen atoms in total. The van der Waals surface area contributed by atoms with Gasteiger partial charge >= 0.3 is 0 Å². The van der Waals surface area contributed by atoms with Gasteiger partial charge in [-0.05, 0) is 30.5 Å². The fraction of sp³-hybridized carbons (Fsp3) is 0.533. The molecular weight excluding hydrogens is 270 g/mol. The molecule has 2 saturated heterocycles. The molecule has 3 N–H and O–H groups in total. The smallest absolute Gasteiger partial charge is 0.173 e. The van der Waals surface area contributed by atoms with Crippen LogP contribution in [0, 0.1) is 0 Å². The Morgan fingerprint density at radius 1 is 1.43 bits per heavy atom. The molecule has 0 saturated carbocycles. The Hall–Kier alpha value is -1.79. The Bertz CT molecular complexity index is 535. The minimum atomic E-state index is 0.0582. The first-order chi connectivity index (χ1) is 10.2. The third-order valence-electron chi connectivity index (χ3n) is 4.17. The number of amidine groups is 1. The molecule has 1 aromatic rings. The van der Waals surface area contributed by atoms with Crippen LogP contribution in [0.3, 0.4) is 0 Å². The van der Waals surface area contributed by atoms with E-state index in [9.17, 15) is 0 Å². The van der Waals surface area contributed by atoms with E-state index in [-0.39, 0.29) is 5.84 Å². The summed E-state index contributed by atoms with van der Waals surface area (Å²) in [6, 6.07) is 5.77. The Morgan fingerprint density at radius 2 is 2.14 bits per heavy atom. The molecule has 2 atom stereocenters. The monoisotopic (exact) mass is 291 g/mol. The molecule has 3 rings (SSSR count). The summed E-state index contributed by atoms with van der Waals surface area (Å²) in [6.07, 6.45) is 3.13. The molecule has 6 heteroatoms. The molecule has 0 amide bonds. The van der Waals surface area contributed by atoms with Crippen LogP contribution in [-0.2, 0) is 11.3 Å². The standard InChI is InChI=1S/C15H21N3O3/c1-20-14-6-10(2-5-13(14)15(16)17-19)7-18-8-11-3-4-12(9-18)21-11/h2,5-6,11-12,19H,3-4,7-9H2,1H3,(H2,16,17). The van der Waals surface area contributed by atoms with Crippen LogP contribution < -0.4 is 10.5 Å². The number of nitrogens with zero attached hydrogens (tertiary/aromatic N) is 2. The van der Waals surface area contributed by atoms with Crippen LogP contribution >= 0.6 is 0 Å². The molecule has 0 spiro atoms. The second kappa shape index (κ2) is 5.91. The van der Waals surface area contributed by atoms with Gasteiger partial charge in [0.2, 0.25) is 0 Å². The van der Waals surface area contributed by atoms with E-state index in [1.807, 2.05) is 18.2 Å². The Balaban J connectivity index is 1.74. The number of hydrogen-bond donors (Lipinski definition) is 2. The highest BCUT2D eigenvalue weighted by atomic mass is 16.5. The van der Waals surface area contributed by atoms with Gasteiger partial charge in [-0.1, -0.05) is 11.2 Å². The van der Waals surface area contributed by atoms with Gasteiger partial charge in [0.1, 0.15) is 5.75 Å². The summed E-state index contributed by atoms with van der Waals surface area (Å²) >= 11 is 0. The average molecular weight is 291 g/mol. The summed E-state index contributed by atoms with van der Waals surface area (Å²) in [4.78, 5) is 2.42. The Labute approximate surface area is 124 Å². The maximum Gasteiger partial charge on any atom is 0.173 e. The first-order valence-electron chi connectivity index (χ1n) is 7.22. The molecule has 0 radical (unpaired) electrons. The lowest BCUT2D eigenvalue weighted by Gasteiger charge is -2.32. The van der Waals surface area contributed by atoms with E-state index in [1.165, 1.54) is 12.8 Å². The van der Waals surface area contributed by atoms with E-state index in [0.717, 1.165) is 25.2 Å². The predicted octanol–water partition coefficient (Wildman–Crippen LogP) is 1.15. The van der Waals surface area contributed by atoms with Crippen LogP contribution in [0.25, 0.3) is 0 Å². The van der Waals surface area contributed by atoms with E-state index in [0.29, 0.717) is 23.5 Å². The fourth-order valence-corrected chi connectivity index (χ4v) is 3.19. The topological polar surface area (TPSA) is 80.3 Å². The summed E-state index contributed by atoms with van der Waals surface area (Å²) in [5.41, 5.74) is 7.40. The SMILES string of the molecule is COc1cc(CN2CC3CCC(C2)O3)ccc1/C(N)=N/O. The number of benzene rings is 1. The number of oxime groups is 1. The van der Waals surface area contributed by atoms with Crippen molar-refractivity contribution in [1.82, 2.24) is 4.90 Å². The number of rotatable bonds is 4. The molecule has 114 valence electrons. The highest BCUT2D eigenvalue weighted by Gasteiger charge is 2.33. The maximum absolute atomic E-state index is 8.79.